The van der Waals surface area contributed by atoms with Gasteiger partial charge in [0.05, 0.1) is 5.69 Å². The molecule has 17 heavy (non-hydrogen) atoms. The smallest absolute Gasteiger partial charge is 0.111 e. The molecule has 0 bridgehead atoms. The van der Waals surface area contributed by atoms with E-state index in [0.29, 0.717) is 12.5 Å². The van der Waals surface area contributed by atoms with Crippen molar-refractivity contribution in [3.05, 3.63) is 27.8 Å². The number of aryl methyl sites for hydroxylation is 2. The maximum Gasteiger partial charge on any atom is 0.111 e. The third kappa shape index (κ3) is 1.72. The molecular formula is C13H17N3S. The number of aromatic nitrogens is 2. The van der Waals surface area contributed by atoms with Gasteiger partial charge < -0.3 is 10.7 Å². The highest BCUT2D eigenvalue weighted by molar-refractivity contribution is 7.10. The van der Waals surface area contributed by atoms with Gasteiger partial charge in [-0.1, -0.05) is 6.92 Å². The van der Waals surface area contributed by atoms with Crippen molar-refractivity contribution in [2.45, 2.75) is 32.1 Å². The maximum atomic E-state index is 5.79. The van der Waals surface area contributed by atoms with Gasteiger partial charge in [0.2, 0.25) is 0 Å². The minimum atomic E-state index is 0.364. The fraction of sp³-hybridized carbons (Fsp3) is 0.462. The largest absolute Gasteiger partial charge is 0.345 e. The molecule has 1 aliphatic rings. The van der Waals surface area contributed by atoms with Gasteiger partial charge in [-0.2, -0.15) is 0 Å². The molecule has 3 rings (SSSR count). The van der Waals surface area contributed by atoms with Crippen molar-refractivity contribution in [1.29, 1.82) is 0 Å². The molecule has 0 spiro atoms. The van der Waals surface area contributed by atoms with Crippen molar-refractivity contribution in [2.75, 3.05) is 6.54 Å². The summed E-state index contributed by atoms with van der Waals surface area (Å²) in [5.41, 5.74) is 9.57. The highest BCUT2D eigenvalue weighted by atomic mass is 32.1. The van der Waals surface area contributed by atoms with Gasteiger partial charge in [0, 0.05) is 28.6 Å². The second-order valence-electron chi connectivity index (χ2n) is 4.55. The van der Waals surface area contributed by atoms with Crippen LogP contribution in [0, 0.1) is 0 Å². The summed E-state index contributed by atoms with van der Waals surface area (Å²) in [6, 6.07) is 2.19. The van der Waals surface area contributed by atoms with Crippen LogP contribution in [0.4, 0.5) is 0 Å². The second kappa shape index (κ2) is 4.27. The van der Waals surface area contributed by atoms with E-state index in [1.807, 2.05) is 11.3 Å². The van der Waals surface area contributed by atoms with Crippen molar-refractivity contribution < 1.29 is 0 Å². The number of hydrogen-bond donors (Lipinski definition) is 2. The van der Waals surface area contributed by atoms with Gasteiger partial charge in [0.15, 0.2) is 0 Å². The van der Waals surface area contributed by atoms with E-state index in [4.69, 9.17) is 10.7 Å². The lowest BCUT2D eigenvalue weighted by atomic mass is 10.0. The summed E-state index contributed by atoms with van der Waals surface area (Å²) in [5, 5.41) is 2.16. The number of fused-ring (bicyclic) bond motifs is 3. The lowest BCUT2D eigenvalue weighted by Gasteiger charge is -2.09. The SMILES string of the molecule is CCC(CN)c1nc2c([nH]1)CCc1sccc1-2. The van der Waals surface area contributed by atoms with Crippen molar-refractivity contribution in [2.24, 2.45) is 5.73 Å². The Morgan fingerprint density at radius 2 is 2.41 bits per heavy atom. The van der Waals surface area contributed by atoms with E-state index in [9.17, 15) is 0 Å². The number of thiophene rings is 1. The number of H-pyrrole nitrogens is 1. The lowest BCUT2D eigenvalue weighted by molar-refractivity contribution is 0.637. The molecule has 2 aromatic rings. The Kier molecular flexibility index (Phi) is 2.76. The zero-order valence-electron chi connectivity index (χ0n) is 9.99. The molecule has 0 radical (unpaired) electrons. The molecule has 4 heteroatoms. The first-order valence-electron chi connectivity index (χ1n) is 6.19. The van der Waals surface area contributed by atoms with Crippen LogP contribution in [0.5, 0.6) is 0 Å². The fourth-order valence-electron chi connectivity index (χ4n) is 2.48. The van der Waals surface area contributed by atoms with Crippen molar-refractivity contribution in [3.8, 4) is 11.3 Å². The molecule has 2 heterocycles. The van der Waals surface area contributed by atoms with Gasteiger partial charge >= 0.3 is 0 Å². The quantitative estimate of drug-likeness (QED) is 0.876. The zero-order chi connectivity index (χ0) is 11.8. The number of nitrogens with two attached hydrogens (primary N) is 1. The molecule has 1 atom stereocenters. The Balaban J connectivity index is 2.04. The van der Waals surface area contributed by atoms with Crippen LogP contribution in [-0.4, -0.2) is 16.5 Å². The van der Waals surface area contributed by atoms with E-state index >= 15 is 0 Å². The van der Waals surface area contributed by atoms with E-state index < -0.39 is 0 Å². The van der Waals surface area contributed by atoms with E-state index in [0.717, 1.165) is 30.8 Å². The normalized spacial score (nSPS) is 15.4. The van der Waals surface area contributed by atoms with Crippen LogP contribution in [0.3, 0.4) is 0 Å². The minimum absolute atomic E-state index is 0.364. The Labute approximate surface area is 105 Å². The molecular weight excluding hydrogens is 230 g/mol. The lowest BCUT2D eigenvalue weighted by Crippen LogP contribution is -2.12. The molecule has 0 aliphatic heterocycles. The summed E-state index contributed by atoms with van der Waals surface area (Å²) >= 11 is 1.84. The molecule has 0 saturated carbocycles. The Morgan fingerprint density at radius 1 is 1.53 bits per heavy atom. The van der Waals surface area contributed by atoms with E-state index in [2.05, 4.69) is 23.4 Å². The first-order chi connectivity index (χ1) is 8.33. The average Bonchev–Trinajstić information content (AvgIpc) is 2.95. The molecule has 0 amide bonds. The zero-order valence-corrected chi connectivity index (χ0v) is 10.8. The van der Waals surface area contributed by atoms with Crippen LogP contribution in [0.15, 0.2) is 11.4 Å². The van der Waals surface area contributed by atoms with Crippen LogP contribution in [0.2, 0.25) is 0 Å². The molecule has 90 valence electrons. The number of hydrogen-bond acceptors (Lipinski definition) is 3. The first-order valence-corrected chi connectivity index (χ1v) is 7.07. The molecule has 0 aromatic carbocycles. The highest BCUT2D eigenvalue weighted by Crippen LogP contribution is 2.36. The fourth-order valence-corrected chi connectivity index (χ4v) is 3.36. The number of imidazole rings is 1. The van der Waals surface area contributed by atoms with Crippen LogP contribution in [-0.2, 0) is 12.8 Å². The standard InChI is InChI=1S/C13H17N3S/c1-2-8(7-14)13-15-10-3-4-11-9(5-6-17-11)12(10)16-13/h5-6,8H,2-4,7,14H2,1H3,(H,15,16). The monoisotopic (exact) mass is 247 g/mol. The van der Waals surface area contributed by atoms with Crippen LogP contribution in [0.1, 0.15) is 35.7 Å². The number of nitrogens with zero attached hydrogens (tertiary/aromatic N) is 1. The van der Waals surface area contributed by atoms with Crippen molar-refractivity contribution >= 4 is 11.3 Å². The summed E-state index contributed by atoms with van der Waals surface area (Å²) in [7, 11) is 0. The third-order valence-electron chi connectivity index (χ3n) is 3.56. The summed E-state index contributed by atoms with van der Waals surface area (Å²) in [5.74, 6) is 1.43. The molecule has 1 aliphatic carbocycles. The molecule has 2 aromatic heterocycles. The van der Waals surface area contributed by atoms with Gasteiger partial charge in [-0.25, -0.2) is 4.98 Å². The van der Waals surface area contributed by atoms with Gasteiger partial charge in [0.1, 0.15) is 5.82 Å². The van der Waals surface area contributed by atoms with Gasteiger partial charge in [0.25, 0.3) is 0 Å². The molecule has 3 nitrogen and oxygen atoms in total. The third-order valence-corrected chi connectivity index (χ3v) is 4.54. The summed E-state index contributed by atoms with van der Waals surface area (Å²) in [4.78, 5) is 9.73. The summed E-state index contributed by atoms with van der Waals surface area (Å²) in [6.45, 7) is 2.83. The van der Waals surface area contributed by atoms with E-state index in [1.54, 1.807) is 0 Å². The van der Waals surface area contributed by atoms with Crippen molar-refractivity contribution in [3.63, 3.8) is 0 Å². The Bertz CT molecular complexity index is 523. The van der Waals surface area contributed by atoms with Crippen LogP contribution in [0.25, 0.3) is 11.3 Å². The number of nitrogens with one attached hydrogen (secondary N) is 1. The van der Waals surface area contributed by atoms with Gasteiger partial charge in [-0.05, 0) is 30.7 Å². The van der Waals surface area contributed by atoms with Crippen LogP contribution >= 0.6 is 11.3 Å². The predicted molar refractivity (Wildman–Crippen MR) is 71.4 cm³/mol. The predicted octanol–water partition coefficient (Wildman–Crippen LogP) is 2.69. The minimum Gasteiger partial charge on any atom is -0.345 e. The van der Waals surface area contributed by atoms with E-state index in [-0.39, 0.29) is 0 Å². The highest BCUT2D eigenvalue weighted by Gasteiger charge is 2.23. The average molecular weight is 247 g/mol. The van der Waals surface area contributed by atoms with Crippen LogP contribution < -0.4 is 5.73 Å². The maximum absolute atomic E-state index is 5.79. The Hall–Kier alpha value is -1.13. The summed E-state index contributed by atoms with van der Waals surface area (Å²) in [6.07, 6.45) is 3.26. The molecule has 0 saturated heterocycles. The summed E-state index contributed by atoms with van der Waals surface area (Å²) < 4.78 is 0. The topological polar surface area (TPSA) is 54.7 Å². The molecule has 3 N–H and O–H groups in total. The van der Waals surface area contributed by atoms with Gasteiger partial charge in [-0.15, -0.1) is 11.3 Å². The first kappa shape index (κ1) is 11.0. The molecule has 0 fully saturated rings. The Morgan fingerprint density at radius 3 is 3.18 bits per heavy atom. The second-order valence-corrected chi connectivity index (χ2v) is 5.55. The van der Waals surface area contributed by atoms with E-state index in [1.165, 1.54) is 16.1 Å². The van der Waals surface area contributed by atoms with Crippen molar-refractivity contribution in [1.82, 2.24) is 9.97 Å². The number of rotatable bonds is 3. The molecule has 1 unspecified atom stereocenters. The van der Waals surface area contributed by atoms with Gasteiger partial charge in [-0.3, -0.25) is 0 Å². The number of aromatic amines is 1.